The van der Waals surface area contributed by atoms with Crippen LogP contribution in [0.4, 0.5) is 0 Å². The van der Waals surface area contributed by atoms with Crippen molar-refractivity contribution in [2.24, 2.45) is 0 Å². The van der Waals surface area contributed by atoms with Gasteiger partial charge in [-0.2, -0.15) is 0 Å². The second kappa shape index (κ2) is 11.4. The summed E-state index contributed by atoms with van der Waals surface area (Å²) in [4.78, 5) is 0. The third-order valence-corrected chi connectivity index (χ3v) is 9.20. The molecule has 0 radical (unpaired) electrons. The molecule has 0 spiro atoms. The number of hydrogen-bond donors (Lipinski definition) is 0. The van der Waals surface area contributed by atoms with Crippen LogP contribution in [0.15, 0.2) is 91.0 Å². The van der Waals surface area contributed by atoms with E-state index in [0.29, 0.717) is 0 Å². The molecule has 0 fully saturated rings. The maximum atomic E-state index is 6.02. The molecule has 0 aliphatic carbocycles. The summed E-state index contributed by atoms with van der Waals surface area (Å²) in [5.41, 5.74) is 0. The molecule has 0 unspecified atom stereocenters. The van der Waals surface area contributed by atoms with Gasteiger partial charge in [0, 0.05) is 6.61 Å². The van der Waals surface area contributed by atoms with Crippen molar-refractivity contribution < 1.29 is 21.7 Å². The third kappa shape index (κ3) is 5.29. The molecule has 3 heteroatoms. The number of ether oxygens (including phenoxy) is 1. The zero-order valence-corrected chi connectivity index (χ0v) is 18.4. The lowest BCUT2D eigenvalue weighted by atomic mass is 10.4. The number of rotatable bonds is 9. The Morgan fingerprint density at radius 3 is 1.41 bits per heavy atom. The van der Waals surface area contributed by atoms with E-state index in [2.05, 4.69) is 97.9 Å². The fourth-order valence-corrected chi connectivity index (χ4v) is 7.55. The van der Waals surface area contributed by atoms with Gasteiger partial charge in [0.1, 0.15) is 23.2 Å². The van der Waals surface area contributed by atoms with Crippen molar-refractivity contribution in [3.05, 3.63) is 91.0 Å². The van der Waals surface area contributed by atoms with Crippen molar-refractivity contribution >= 4 is 23.2 Å². The van der Waals surface area contributed by atoms with Crippen molar-refractivity contribution in [1.29, 1.82) is 0 Å². The lowest BCUT2D eigenvalue weighted by Crippen LogP contribution is -3.00. The Bertz CT molecular complexity index is 665. The molecule has 0 saturated carbocycles. The predicted octanol–water partition coefficient (Wildman–Crippen LogP) is 1.80. The highest BCUT2D eigenvalue weighted by Crippen LogP contribution is 2.54. The summed E-state index contributed by atoms with van der Waals surface area (Å²) in [5.74, 6) is 0. The Morgan fingerprint density at radius 2 is 1.04 bits per heavy atom. The van der Waals surface area contributed by atoms with Crippen molar-refractivity contribution in [3.8, 4) is 0 Å². The van der Waals surface area contributed by atoms with Gasteiger partial charge in [-0.05, 0) is 42.8 Å². The van der Waals surface area contributed by atoms with Crippen LogP contribution in [0.5, 0.6) is 0 Å². The van der Waals surface area contributed by atoms with Crippen molar-refractivity contribution in [3.63, 3.8) is 0 Å². The molecule has 0 N–H and O–H groups in total. The van der Waals surface area contributed by atoms with E-state index in [9.17, 15) is 0 Å². The number of benzene rings is 3. The average molecular weight is 443 g/mol. The van der Waals surface area contributed by atoms with E-state index in [1.807, 2.05) is 0 Å². The molecule has 0 bridgehead atoms. The standard InChI is InChI=1S/C24H28OP.BrH/c1-2-3-19-25-20-21-26(22-13-7-4-8-14-22,23-15-9-5-10-16-23)24-17-11-6-12-18-24;/h4-18H,2-3,19-21H2,1H3;1H/q+1;/p-1. The van der Waals surface area contributed by atoms with Gasteiger partial charge in [0.05, 0.1) is 12.8 Å². The van der Waals surface area contributed by atoms with Crippen LogP contribution in [0.2, 0.25) is 0 Å². The summed E-state index contributed by atoms with van der Waals surface area (Å²) in [6.07, 6.45) is 3.35. The molecule has 142 valence electrons. The molecule has 0 aliphatic rings. The first-order valence-electron chi connectivity index (χ1n) is 9.50. The van der Waals surface area contributed by atoms with Gasteiger partial charge < -0.3 is 21.7 Å². The smallest absolute Gasteiger partial charge is 0.114 e. The van der Waals surface area contributed by atoms with E-state index in [4.69, 9.17) is 4.74 Å². The van der Waals surface area contributed by atoms with E-state index in [1.165, 1.54) is 22.3 Å². The monoisotopic (exact) mass is 442 g/mol. The first-order chi connectivity index (χ1) is 12.9. The molecule has 27 heavy (non-hydrogen) atoms. The van der Waals surface area contributed by atoms with Crippen molar-refractivity contribution in [2.45, 2.75) is 19.8 Å². The van der Waals surface area contributed by atoms with Crippen LogP contribution in [0, 0.1) is 0 Å². The third-order valence-electron chi connectivity index (χ3n) is 4.80. The largest absolute Gasteiger partial charge is 1.00 e. The average Bonchev–Trinajstić information content (AvgIpc) is 2.73. The number of hydrogen-bond acceptors (Lipinski definition) is 1. The maximum Gasteiger partial charge on any atom is 0.114 e. The minimum absolute atomic E-state index is 0. The van der Waals surface area contributed by atoms with Gasteiger partial charge in [-0.25, -0.2) is 0 Å². The Kier molecular flexibility index (Phi) is 9.21. The topological polar surface area (TPSA) is 9.23 Å². The normalized spacial score (nSPS) is 11.0. The van der Waals surface area contributed by atoms with Crippen molar-refractivity contribution in [2.75, 3.05) is 19.4 Å². The van der Waals surface area contributed by atoms with Crippen LogP contribution in [0.1, 0.15) is 19.8 Å². The quantitative estimate of drug-likeness (QED) is 0.362. The summed E-state index contributed by atoms with van der Waals surface area (Å²) in [5, 5.41) is 4.28. The highest BCUT2D eigenvalue weighted by atomic mass is 79.9. The Hall–Kier alpha value is -1.47. The predicted molar refractivity (Wildman–Crippen MR) is 116 cm³/mol. The fourth-order valence-electron chi connectivity index (χ4n) is 3.43. The Labute approximate surface area is 174 Å². The van der Waals surface area contributed by atoms with Crippen LogP contribution in [0.25, 0.3) is 0 Å². The summed E-state index contributed by atoms with van der Waals surface area (Å²) in [6, 6.07) is 33.0. The zero-order chi connectivity index (χ0) is 18.1. The van der Waals surface area contributed by atoms with Gasteiger partial charge in [0.2, 0.25) is 0 Å². The summed E-state index contributed by atoms with van der Waals surface area (Å²) in [7, 11) is -1.73. The SMILES string of the molecule is CCCCOCC[P+](c1ccccc1)(c1ccccc1)c1ccccc1.[Br-]. The van der Waals surface area contributed by atoms with Crippen molar-refractivity contribution in [1.82, 2.24) is 0 Å². The van der Waals surface area contributed by atoms with Gasteiger partial charge in [0.25, 0.3) is 0 Å². The van der Waals surface area contributed by atoms with E-state index in [-0.39, 0.29) is 17.0 Å². The molecule has 1 nitrogen and oxygen atoms in total. The molecule has 0 saturated heterocycles. The van der Waals surface area contributed by atoms with Gasteiger partial charge in [-0.15, -0.1) is 0 Å². The van der Waals surface area contributed by atoms with Gasteiger partial charge in [-0.3, -0.25) is 0 Å². The first kappa shape index (κ1) is 21.8. The lowest BCUT2D eigenvalue weighted by molar-refractivity contribution is -0.00000594. The molecular formula is C24H28BrOP. The van der Waals surface area contributed by atoms with Crippen LogP contribution in [0.3, 0.4) is 0 Å². The molecule has 0 aliphatic heterocycles. The molecule has 0 atom stereocenters. The first-order valence-corrected chi connectivity index (χ1v) is 11.5. The van der Waals surface area contributed by atoms with Gasteiger partial charge in [0.15, 0.2) is 0 Å². The van der Waals surface area contributed by atoms with E-state index in [0.717, 1.165) is 25.8 Å². The Morgan fingerprint density at radius 1 is 0.630 bits per heavy atom. The van der Waals surface area contributed by atoms with Crippen LogP contribution < -0.4 is 32.9 Å². The Balaban J connectivity index is 0.00000261. The minimum Gasteiger partial charge on any atom is -1.00 e. The van der Waals surface area contributed by atoms with Crippen LogP contribution in [-0.4, -0.2) is 19.4 Å². The zero-order valence-electron chi connectivity index (χ0n) is 15.9. The number of unbranched alkanes of at least 4 members (excludes halogenated alkanes) is 1. The second-order valence-corrected chi connectivity index (χ2v) is 10.1. The summed E-state index contributed by atoms with van der Waals surface area (Å²) in [6.45, 7) is 3.86. The molecule has 3 rings (SSSR count). The molecular weight excluding hydrogens is 415 g/mol. The van der Waals surface area contributed by atoms with E-state index in [1.54, 1.807) is 0 Å². The van der Waals surface area contributed by atoms with Crippen LogP contribution in [-0.2, 0) is 4.74 Å². The highest BCUT2D eigenvalue weighted by molar-refractivity contribution is 7.95. The molecule has 0 amide bonds. The second-order valence-electron chi connectivity index (χ2n) is 6.51. The highest BCUT2D eigenvalue weighted by Gasteiger charge is 2.44. The van der Waals surface area contributed by atoms with Crippen LogP contribution >= 0.6 is 7.26 Å². The summed E-state index contributed by atoms with van der Waals surface area (Å²) >= 11 is 0. The van der Waals surface area contributed by atoms with Gasteiger partial charge >= 0.3 is 0 Å². The molecule has 3 aromatic carbocycles. The van der Waals surface area contributed by atoms with Gasteiger partial charge in [-0.1, -0.05) is 67.9 Å². The van der Waals surface area contributed by atoms with E-state index < -0.39 is 7.26 Å². The fraction of sp³-hybridized carbons (Fsp3) is 0.250. The number of halogens is 1. The molecule has 3 aromatic rings. The maximum absolute atomic E-state index is 6.02. The lowest BCUT2D eigenvalue weighted by Gasteiger charge is -2.27. The summed E-state index contributed by atoms with van der Waals surface area (Å²) < 4.78 is 6.02. The minimum atomic E-state index is -1.73. The molecule has 0 heterocycles. The molecule has 0 aromatic heterocycles. The van der Waals surface area contributed by atoms with E-state index >= 15 is 0 Å².